The number of benzene rings is 2. The first-order valence-corrected chi connectivity index (χ1v) is 11.5. The molecule has 9 nitrogen and oxygen atoms in total. The van der Waals surface area contributed by atoms with Gasteiger partial charge in [0.1, 0.15) is 11.5 Å². The molecule has 1 aliphatic carbocycles. The number of nitrogens with two attached hydrogens (primary N) is 1. The Kier molecular flexibility index (Phi) is 7.06. The number of carbonyl (C=O) groups is 2. The van der Waals surface area contributed by atoms with Crippen molar-refractivity contribution in [1.82, 2.24) is 10.2 Å². The van der Waals surface area contributed by atoms with Crippen molar-refractivity contribution >= 4 is 23.2 Å². The maximum absolute atomic E-state index is 13.1. The van der Waals surface area contributed by atoms with Gasteiger partial charge in [-0.3, -0.25) is 19.7 Å². The Morgan fingerprint density at radius 1 is 0.971 bits per heavy atom. The number of hydrogen-bond donors (Lipinski definition) is 2. The van der Waals surface area contributed by atoms with E-state index in [2.05, 4.69) is 5.32 Å². The van der Waals surface area contributed by atoms with Crippen molar-refractivity contribution in [2.45, 2.75) is 37.8 Å². The van der Waals surface area contributed by atoms with Gasteiger partial charge in [0.2, 0.25) is 0 Å². The molecule has 0 spiro atoms. The number of hydrogen-bond acceptors (Lipinski definition) is 6. The number of amides is 2. The van der Waals surface area contributed by atoms with Crippen molar-refractivity contribution in [1.29, 1.82) is 0 Å². The van der Waals surface area contributed by atoms with E-state index in [1.807, 2.05) is 4.90 Å². The minimum absolute atomic E-state index is 0.0257. The predicted molar refractivity (Wildman–Crippen MR) is 125 cm³/mol. The van der Waals surface area contributed by atoms with Crippen LogP contribution in [0.15, 0.2) is 42.5 Å². The smallest absolute Gasteiger partial charge is 0.293 e. The monoisotopic (exact) mass is 469 g/mol. The van der Waals surface area contributed by atoms with Crippen molar-refractivity contribution in [2.75, 3.05) is 31.1 Å². The summed E-state index contributed by atoms with van der Waals surface area (Å²) in [5.41, 5.74) is 6.83. The third-order valence-corrected chi connectivity index (χ3v) is 6.54. The van der Waals surface area contributed by atoms with E-state index < -0.39 is 10.7 Å². The fourth-order valence-electron chi connectivity index (χ4n) is 4.54. The Bertz CT molecular complexity index is 1060. The van der Waals surface area contributed by atoms with Gasteiger partial charge in [-0.1, -0.05) is 0 Å². The lowest BCUT2D eigenvalue weighted by molar-refractivity contribution is -0.384. The molecule has 34 heavy (non-hydrogen) atoms. The van der Waals surface area contributed by atoms with E-state index in [0.29, 0.717) is 37.4 Å². The molecule has 0 radical (unpaired) electrons. The summed E-state index contributed by atoms with van der Waals surface area (Å²) in [5, 5.41) is 14.7. The largest absolute Gasteiger partial charge is 0.362 e. The van der Waals surface area contributed by atoms with Gasteiger partial charge in [0.15, 0.2) is 0 Å². The summed E-state index contributed by atoms with van der Waals surface area (Å²) in [5.74, 6) is -0.941. The third-order valence-electron chi connectivity index (χ3n) is 6.54. The molecule has 1 saturated heterocycles. The average Bonchev–Trinajstić information content (AvgIpc) is 2.85. The van der Waals surface area contributed by atoms with E-state index >= 15 is 0 Å². The third kappa shape index (κ3) is 5.33. The lowest BCUT2D eigenvalue weighted by Crippen LogP contribution is -2.49. The van der Waals surface area contributed by atoms with E-state index in [1.165, 1.54) is 30.3 Å². The number of carbonyl (C=O) groups excluding carboxylic acids is 2. The SMILES string of the molecule is NC1CCC(NC(=O)c2ccc(N3CCN(C(=O)c4ccc(F)cc4)CC3)c([N+](=O)[O-])c2)CC1. The molecule has 2 aromatic carbocycles. The predicted octanol–water partition coefficient (Wildman–Crippen LogP) is 2.70. The van der Waals surface area contributed by atoms with Crippen LogP contribution in [0.2, 0.25) is 0 Å². The molecule has 0 unspecified atom stereocenters. The van der Waals surface area contributed by atoms with Crippen LogP contribution in [-0.4, -0.2) is 59.9 Å². The number of nitrogens with one attached hydrogen (secondary N) is 1. The summed E-state index contributed by atoms with van der Waals surface area (Å²) in [4.78, 5) is 40.1. The molecule has 1 heterocycles. The lowest BCUT2D eigenvalue weighted by Gasteiger charge is -2.36. The van der Waals surface area contributed by atoms with Crippen molar-refractivity contribution in [3.05, 3.63) is 69.5 Å². The molecular formula is C24H28FN5O4. The molecule has 3 N–H and O–H groups in total. The van der Waals surface area contributed by atoms with Gasteiger partial charge >= 0.3 is 0 Å². The zero-order chi connectivity index (χ0) is 24.2. The van der Waals surface area contributed by atoms with E-state index in [4.69, 9.17) is 5.73 Å². The molecule has 2 aromatic rings. The summed E-state index contributed by atoms with van der Waals surface area (Å²) >= 11 is 0. The topological polar surface area (TPSA) is 122 Å². The summed E-state index contributed by atoms with van der Waals surface area (Å²) in [6.45, 7) is 1.56. The van der Waals surface area contributed by atoms with Crippen LogP contribution >= 0.6 is 0 Å². The van der Waals surface area contributed by atoms with E-state index in [-0.39, 0.29) is 35.1 Å². The fourth-order valence-corrected chi connectivity index (χ4v) is 4.54. The first-order chi connectivity index (χ1) is 16.3. The van der Waals surface area contributed by atoms with E-state index in [9.17, 15) is 24.1 Å². The molecular weight excluding hydrogens is 441 g/mol. The van der Waals surface area contributed by atoms with Crippen LogP contribution in [0.1, 0.15) is 46.4 Å². The van der Waals surface area contributed by atoms with Crippen molar-refractivity contribution in [3.63, 3.8) is 0 Å². The number of anilines is 1. The second-order valence-corrected chi connectivity index (χ2v) is 8.83. The van der Waals surface area contributed by atoms with Crippen molar-refractivity contribution < 1.29 is 18.9 Å². The first-order valence-electron chi connectivity index (χ1n) is 11.5. The molecule has 2 aliphatic rings. The summed E-state index contributed by atoms with van der Waals surface area (Å²) in [7, 11) is 0. The van der Waals surface area contributed by atoms with Gasteiger partial charge in [-0.05, 0) is 62.1 Å². The molecule has 180 valence electrons. The molecule has 1 saturated carbocycles. The highest BCUT2D eigenvalue weighted by atomic mass is 19.1. The Labute approximate surface area is 196 Å². The van der Waals surface area contributed by atoms with Gasteiger partial charge in [-0.2, -0.15) is 0 Å². The van der Waals surface area contributed by atoms with E-state index in [1.54, 1.807) is 17.0 Å². The summed E-state index contributed by atoms with van der Waals surface area (Å²) in [6, 6.07) is 10.1. The van der Waals surface area contributed by atoms with Gasteiger partial charge in [0, 0.05) is 55.5 Å². The highest BCUT2D eigenvalue weighted by Gasteiger charge is 2.28. The maximum Gasteiger partial charge on any atom is 0.293 e. The molecule has 0 bridgehead atoms. The molecule has 2 fully saturated rings. The van der Waals surface area contributed by atoms with Crippen LogP contribution in [0.4, 0.5) is 15.8 Å². The van der Waals surface area contributed by atoms with Crippen molar-refractivity contribution in [2.24, 2.45) is 5.73 Å². The van der Waals surface area contributed by atoms with Crippen LogP contribution in [0.25, 0.3) is 0 Å². The van der Waals surface area contributed by atoms with Crippen LogP contribution < -0.4 is 16.0 Å². The van der Waals surface area contributed by atoms with Gasteiger partial charge in [-0.25, -0.2) is 4.39 Å². The summed E-state index contributed by atoms with van der Waals surface area (Å²) in [6.07, 6.45) is 3.29. The normalized spacial score (nSPS) is 20.6. The highest BCUT2D eigenvalue weighted by molar-refractivity contribution is 5.96. The van der Waals surface area contributed by atoms with Gasteiger partial charge < -0.3 is 20.9 Å². The molecule has 10 heteroatoms. The quantitative estimate of drug-likeness (QED) is 0.513. The minimum atomic E-state index is -0.484. The Hall–Kier alpha value is -3.53. The lowest BCUT2D eigenvalue weighted by atomic mass is 9.91. The van der Waals surface area contributed by atoms with Gasteiger partial charge in [0.05, 0.1) is 4.92 Å². The second kappa shape index (κ2) is 10.2. The number of nitro groups is 1. The van der Waals surface area contributed by atoms with Crippen LogP contribution in [0.5, 0.6) is 0 Å². The first kappa shape index (κ1) is 23.6. The Morgan fingerprint density at radius 2 is 1.59 bits per heavy atom. The second-order valence-electron chi connectivity index (χ2n) is 8.83. The number of nitro benzene ring substituents is 1. The molecule has 1 aliphatic heterocycles. The summed E-state index contributed by atoms with van der Waals surface area (Å²) < 4.78 is 13.1. The van der Waals surface area contributed by atoms with Crippen LogP contribution in [-0.2, 0) is 0 Å². The zero-order valence-electron chi connectivity index (χ0n) is 18.8. The highest BCUT2D eigenvalue weighted by Crippen LogP contribution is 2.30. The van der Waals surface area contributed by atoms with Gasteiger partial charge in [0.25, 0.3) is 17.5 Å². The van der Waals surface area contributed by atoms with E-state index in [0.717, 1.165) is 25.7 Å². The standard InChI is InChI=1S/C24H28FN5O4/c25-18-4-1-16(2-5-18)24(32)29-13-11-28(12-14-29)21-10-3-17(15-22(21)30(33)34)23(31)27-20-8-6-19(26)7-9-20/h1-5,10,15,19-20H,6-9,11-14,26H2,(H,27,31). The minimum Gasteiger partial charge on any atom is -0.362 e. The molecule has 4 rings (SSSR count). The van der Waals surface area contributed by atoms with Crippen LogP contribution in [0, 0.1) is 15.9 Å². The molecule has 0 aromatic heterocycles. The van der Waals surface area contributed by atoms with Crippen molar-refractivity contribution in [3.8, 4) is 0 Å². The maximum atomic E-state index is 13.1. The average molecular weight is 470 g/mol. The number of halogens is 1. The van der Waals surface area contributed by atoms with Gasteiger partial charge in [-0.15, -0.1) is 0 Å². The van der Waals surface area contributed by atoms with Crippen LogP contribution in [0.3, 0.4) is 0 Å². The fraction of sp³-hybridized carbons (Fsp3) is 0.417. The number of piperazine rings is 1. The molecule has 2 amide bonds. The number of nitrogens with zero attached hydrogens (tertiary/aromatic N) is 3. The molecule has 0 atom stereocenters. The Balaban J connectivity index is 1.42. The zero-order valence-corrected chi connectivity index (χ0v) is 18.8. The Morgan fingerprint density at radius 3 is 2.21 bits per heavy atom. The number of rotatable bonds is 5.